The molecule has 0 amide bonds. The van der Waals surface area contributed by atoms with Gasteiger partial charge in [-0.2, -0.15) is 0 Å². The number of halogens is 2. The summed E-state index contributed by atoms with van der Waals surface area (Å²) in [5.74, 6) is -4.16. The van der Waals surface area contributed by atoms with Crippen molar-refractivity contribution < 1.29 is 18.3 Å². The smallest absolute Gasteiger partial charge is 0.306 e. The molecule has 1 atom stereocenters. The van der Waals surface area contributed by atoms with Gasteiger partial charge in [-0.3, -0.25) is 4.79 Å². The van der Waals surface area contributed by atoms with Crippen molar-refractivity contribution in [3.05, 3.63) is 0 Å². The van der Waals surface area contributed by atoms with E-state index < -0.39 is 17.8 Å². The molecule has 1 unspecified atom stereocenters. The number of nitrogens with one attached hydrogen (secondary N) is 1. The molecule has 1 saturated heterocycles. The molecular weight excluding hydrogens is 204 g/mol. The molecule has 1 aliphatic heterocycles. The first kappa shape index (κ1) is 12.4. The minimum Gasteiger partial charge on any atom is -0.466 e. The molecule has 15 heavy (non-hydrogen) atoms. The van der Waals surface area contributed by atoms with Gasteiger partial charge in [-0.25, -0.2) is 8.78 Å². The predicted octanol–water partition coefficient (Wildman–Crippen LogP) is 1.57. The summed E-state index contributed by atoms with van der Waals surface area (Å²) in [5.41, 5.74) is 0. The van der Waals surface area contributed by atoms with Crippen molar-refractivity contribution in [1.82, 2.24) is 5.32 Å². The fourth-order valence-corrected chi connectivity index (χ4v) is 1.74. The van der Waals surface area contributed by atoms with Crippen LogP contribution >= 0.6 is 0 Å². The number of hydrogen-bond acceptors (Lipinski definition) is 3. The van der Waals surface area contributed by atoms with Gasteiger partial charge in [0.2, 0.25) is 0 Å². The molecule has 3 nitrogen and oxygen atoms in total. The fourth-order valence-electron chi connectivity index (χ4n) is 1.74. The van der Waals surface area contributed by atoms with Crippen LogP contribution in [0.1, 0.15) is 26.2 Å². The summed E-state index contributed by atoms with van der Waals surface area (Å²) in [6.07, 6.45) is -0.0502. The van der Waals surface area contributed by atoms with E-state index in [-0.39, 0.29) is 19.4 Å². The van der Waals surface area contributed by atoms with Gasteiger partial charge >= 0.3 is 5.97 Å². The zero-order valence-electron chi connectivity index (χ0n) is 8.89. The molecule has 88 valence electrons. The highest BCUT2D eigenvalue weighted by atomic mass is 19.3. The molecule has 0 radical (unpaired) electrons. The third-order valence-electron chi connectivity index (χ3n) is 2.62. The number of esters is 1. The lowest BCUT2D eigenvalue weighted by Gasteiger charge is -2.23. The zero-order chi connectivity index (χ0) is 11.3. The molecule has 1 rings (SSSR count). The van der Waals surface area contributed by atoms with Crippen molar-refractivity contribution in [1.29, 1.82) is 0 Å². The monoisotopic (exact) mass is 221 g/mol. The molecule has 5 heteroatoms. The number of hydrogen-bond donors (Lipinski definition) is 1. The zero-order valence-corrected chi connectivity index (χ0v) is 8.89. The number of rotatable bonds is 3. The summed E-state index contributed by atoms with van der Waals surface area (Å²) in [6, 6.07) is 0. The third kappa shape index (κ3) is 3.74. The minimum absolute atomic E-state index is 0.178. The maximum absolute atomic E-state index is 13.5. The van der Waals surface area contributed by atoms with Gasteiger partial charge in [-0.1, -0.05) is 0 Å². The first-order valence-corrected chi connectivity index (χ1v) is 5.30. The van der Waals surface area contributed by atoms with E-state index in [0.29, 0.717) is 19.5 Å². The van der Waals surface area contributed by atoms with Gasteiger partial charge in [-0.15, -0.1) is 0 Å². The molecule has 0 saturated carbocycles. The van der Waals surface area contributed by atoms with Crippen molar-refractivity contribution >= 4 is 5.97 Å². The van der Waals surface area contributed by atoms with Crippen LogP contribution in [0.2, 0.25) is 0 Å². The Kier molecular flexibility index (Phi) is 4.45. The van der Waals surface area contributed by atoms with Crippen LogP contribution in [-0.4, -0.2) is 31.6 Å². The van der Waals surface area contributed by atoms with E-state index in [0.717, 1.165) is 0 Å². The van der Waals surface area contributed by atoms with Crippen molar-refractivity contribution in [3.63, 3.8) is 0 Å². The van der Waals surface area contributed by atoms with Crippen LogP contribution < -0.4 is 5.32 Å². The Hall–Kier alpha value is -0.710. The van der Waals surface area contributed by atoms with Crippen molar-refractivity contribution in [2.45, 2.75) is 32.1 Å². The summed E-state index contributed by atoms with van der Waals surface area (Å²) in [4.78, 5) is 11.1. The Morgan fingerprint density at radius 2 is 2.27 bits per heavy atom. The van der Waals surface area contributed by atoms with Crippen LogP contribution in [0, 0.1) is 5.92 Å². The molecule has 0 aliphatic carbocycles. The molecule has 0 aromatic heterocycles. The highest BCUT2D eigenvalue weighted by Gasteiger charge is 2.41. The number of carbonyl (C=O) groups excluding carboxylic acids is 1. The summed E-state index contributed by atoms with van der Waals surface area (Å²) in [5, 5.41) is 2.91. The molecule has 1 aliphatic rings. The average Bonchev–Trinajstić information content (AvgIpc) is 2.29. The SMILES string of the molecule is CCOC(=O)CC1CCNCCC1(F)F. The van der Waals surface area contributed by atoms with E-state index in [1.165, 1.54) is 0 Å². The van der Waals surface area contributed by atoms with Crippen LogP contribution in [-0.2, 0) is 9.53 Å². The van der Waals surface area contributed by atoms with Crippen molar-refractivity contribution in [2.24, 2.45) is 5.92 Å². The predicted molar refractivity (Wildman–Crippen MR) is 51.8 cm³/mol. The highest BCUT2D eigenvalue weighted by Crippen LogP contribution is 2.34. The molecular formula is C10H17F2NO2. The topological polar surface area (TPSA) is 38.3 Å². The first-order valence-electron chi connectivity index (χ1n) is 5.30. The third-order valence-corrected chi connectivity index (χ3v) is 2.62. The second kappa shape index (κ2) is 5.39. The van der Waals surface area contributed by atoms with E-state index >= 15 is 0 Å². The van der Waals surface area contributed by atoms with E-state index in [9.17, 15) is 13.6 Å². The normalized spacial score (nSPS) is 25.7. The lowest BCUT2D eigenvalue weighted by atomic mass is 9.93. The minimum atomic E-state index is -2.75. The molecule has 0 spiro atoms. The Labute approximate surface area is 88.2 Å². The molecule has 0 aromatic rings. The first-order chi connectivity index (χ1) is 7.06. The Morgan fingerprint density at radius 3 is 2.93 bits per heavy atom. The van der Waals surface area contributed by atoms with Crippen LogP contribution in [0.25, 0.3) is 0 Å². The summed E-state index contributed by atoms with van der Waals surface area (Å²) >= 11 is 0. The summed E-state index contributed by atoms with van der Waals surface area (Å²) in [6.45, 7) is 2.77. The lowest BCUT2D eigenvalue weighted by Crippen LogP contribution is -2.30. The molecule has 0 bridgehead atoms. The standard InChI is InChI=1S/C10H17F2NO2/c1-2-15-9(14)7-8-3-5-13-6-4-10(8,11)12/h8,13H,2-7H2,1H3. The van der Waals surface area contributed by atoms with Gasteiger partial charge in [0, 0.05) is 18.9 Å². The second-order valence-corrected chi connectivity index (χ2v) is 3.76. The summed E-state index contributed by atoms with van der Waals surface area (Å²) in [7, 11) is 0. The van der Waals surface area contributed by atoms with Gasteiger partial charge in [0.15, 0.2) is 0 Å². The quantitative estimate of drug-likeness (QED) is 0.735. The number of alkyl halides is 2. The molecule has 1 N–H and O–H groups in total. The van der Waals surface area contributed by atoms with Gasteiger partial charge in [-0.05, 0) is 19.9 Å². The Balaban J connectivity index is 2.52. The van der Waals surface area contributed by atoms with Gasteiger partial charge < -0.3 is 10.1 Å². The van der Waals surface area contributed by atoms with Crippen LogP contribution in [0.4, 0.5) is 8.78 Å². The van der Waals surface area contributed by atoms with Gasteiger partial charge in [0.1, 0.15) is 0 Å². The number of carbonyl (C=O) groups is 1. The van der Waals surface area contributed by atoms with Crippen LogP contribution in [0.5, 0.6) is 0 Å². The van der Waals surface area contributed by atoms with E-state index in [1.54, 1.807) is 6.92 Å². The van der Waals surface area contributed by atoms with Crippen LogP contribution in [0.3, 0.4) is 0 Å². The molecule has 1 heterocycles. The largest absolute Gasteiger partial charge is 0.466 e. The van der Waals surface area contributed by atoms with E-state index in [1.807, 2.05) is 0 Å². The summed E-state index contributed by atoms with van der Waals surface area (Å²) < 4.78 is 31.6. The maximum atomic E-state index is 13.5. The van der Waals surface area contributed by atoms with Gasteiger partial charge in [0.25, 0.3) is 5.92 Å². The maximum Gasteiger partial charge on any atom is 0.306 e. The van der Waals surface area contributed by atoms with E-state index in [4.69, 9.17) is 0 Å². The fraction of sp³-hybridized carbons (Fsp3) is 0.900. The lowest BCUT2D eigenvalue weighted by molar-refractivity contribution is -0.149. The van der Waals surface area contributed by atoms with E-state index in [2.05, 4.69) is 10.1 Å². The van der Waals surface area contributed by atoms with Gasteiger partial charge in [0.05, 0.1) is 13.0 Å². The molecule has 0 aromatic carbocycles. The van der Waals surface area contributed by atoms with Crippen LogP contribution in [0.15, 0.2) is 0 Å². The second-order valence-electron chi connectivity index (χ2n) is 3.76. The van der Waals surface area contributed by atoms with Crippen molar-refractivity contribution in [2.75, 3.05) is 19.7 Å². The highest BCUT2D eigenvalue weighted by molar-refractivity contribution is 5.69. The molecule has 1 fully saturated rings. The Bertz CT molecular complexity index is 221. The van der Waals surface area contributed by atoms with Crippen molar-refractivity contribution in [3.8, 4) is 0 Å². The average molecular weight is 221 g/mol. The number of ether oxygens (including phenoxy) is 1. The Morgan fingerprint density at radius 1 is 1.53 bits per heavy atom.